The average Bonchev–Trinajstić information content (AvgIpc) is 2.27. The standard InChI is InChI=1S/C12H12FN3O2/c1-6(11(17)18)4-9-8-3-2-7(13)5-10(8)16-12(14)15-9/h2-3,5-6H,4H2,1H3,(H,17,18)(H2,14,15,16). The van der Waals surface area contributed by atoms with Crippen molar-refractivity contribution in [3.8, 4) is 0 Å². The van der Waals surface area contributed by atoms with Gasteiger partial charge in [-0.3, -0.25) is 4.79 Å². The first-order chi connectivity index (χ1) is 8.47. The smallest absolute Gasteiger partial charge is 0.306 e. The van der Waals surface area contributed by atoms with Gasteiger partial charge in [0, 0.05) is 17.9 Å². The molecule has 0 fully saturated rings. The van der Waals surface area contributed by atoms with Crippen molar-refractivity contribution in [3.63, 3.8) is 0 Å². The van der Waals surface area contributed by atoms with Crippen LogP contribution in [0.15, 0.2) is 18.2 Å². The van der Waals surface area contributed by atoms with Gasteiger partial charge >= 0.3 is 5.97 Å². The number of carboxylic acids is 1. The van der Waals surface area contributed by atoms with Gasteiger partial charge in [-0.1, -0.05) is 6.92 Å². The first-order valence-corrected chi connectivity index (χ1v) is 5.42. The van der Waals surface area contributed by atoms with Gasteiger partial charge in [-0.05, 0) is 12.1 Å². The number of hydrogen-bond donors (Lipinski definition) is 2. The van der Waals surface area contributed by atoms with Gasteiger partial charge in [0.1, 0.15) is 5.82 Å². The van der Waals surface area contributed by atoms with Crippen molar-refractivity contribution in [2.75, 3.05) is 5.73 Å². The zero-order chi connectivity index (χ0) is 13.3. The highest BCUT2D eigenvalue weighted by Crippen LogP contribution is 2.20. The van der Waals surface area contributed by atoms with E-state index in [1.807, 2.05) is 0 Å². The van der Waals surface area contributed by atoms with Gasteiger partial charge < -0.3 is 10.8 Å². The fourth-order valence-electron chi connectivity index (χ4n) is 1.72. The summed E-state index contributed by atoms with van der Waals surface area (Å²) in [6.07, 6.45) is 0.226. The Hall–Kier alpha value is -2.24. The van der Waals surface area contributed by atoms with Gasteiger partial charge in [-0.25, -0.2) is 14.4 Å². The highest BCUT2D eigenvalue weighted by atomic mass is 19.1. The molecule has 0 aliphatic rings. The Morgan fingerprint density at radius 1 is 1.50 bits per heavy atom. The summed E-state index contributed by atoms with van der Waals surface area (Å²) in [5.41, 5.74) is 6.44. The van der Waals surface area contributed by atoms with E-state index in [0.717, 1.165) is 0 Å². The molecular formula is C12H12FN3O2. The zero-order valence-corrected chi connectivity index (χ0v) is 9.72. The molecule has 0 spiro atoms. The van der Waals surface area contributed by atoms with Crippen LogP contribution in [0.3, 0.4) is 0 Å². The number of rotatable bonds is 3. The number of nitrogens with zero attached hydrogens (tertiary/aromatic N) is 2. The summed E-state index contributed by atoms with van der Waals surface area (Å²) >= 11 is 0. The maximum Gasteiger partial charge on any atom is 0.306 e. The van der Waals surface area contributed by atoms with Crippen LogP contribution in [0.5, 0.6) is 0 Å². The number of halogens is 1. The second-order valence-electron chi connectivity index (χ2n) is 4.13. The first-order valence-electron chi connectivity index (χ1n) is 5.42. The summed E-state index contributed by atoms with van der Waals surface area (Å²) in [6, 6.07) is 4.08. The first kappa shape index (κ1) is 12.2. The van der Waals surface area contributed by atoms with E-state index in [0.29, 0.717) is 16.6 Å². The maximum atomic E-state index is 13.1. The van der Waals surface area contributed by atoms with Crippen molar-refractivity contribution < 1.29 is 14.3 Å². The molecule has 0 aliphatic heterocycles. The molecule has 1 aromatic carbocycles. The summed E-state index contributed by atoms with van der Waals surface area (Å²) in [7, 11) is 0. The molecule has 2 aromatic rings. The third-order valence-electron chi connectivity index (χ3n) is 2.68. The summed E-state index contributed by atoms with van der Waals surface area (Å²) < 4.78 is 13.1. The molecule has 5 nitrogen and oxygen atoms in total. The lowest BCUT2D eigenvalue weighted by Crippen LogP contribution is -2.14. The van der Waals surface area contributed by atoms with Crippen LogP contribution in [0.2, 0.25) is 0 Å². The Bertz CT molecular complexity index is 610. The van der Waals surface area contributed by atoms with Crippen molar-refractivity contribution in [3.05, 3.63) is 29.7 Å². The quantitative estimate of drug-likeness (QED) is 0.862. The highest BCUT2D eigenvalue weighted by Gasteiger charge is 2.15. The summed E-state index contributed by atoms with van der Waals surface area (Å²) in [6.45, 7) is 1.58. The van der Waals surface area contributed by atoms with E-state index in [2.05, 4.69) is 9.97 Å². The van der Waals surface area contributed by atoms with E-state index in [9.17, 15) is 9.18 Å². The second-order valence-corrected chi connectivity index (χ2v) is 4.13. The molecule has 0 radical (unpaired) electrons. The number of aliphatic carboxylic acids is 1. The van der Waals surface area contributed by atoms with E-state index < -0.39 is 17.7 Å². The molecule has 2 rings (SSSR count). The number of nitrogen functional groups attached to an aromatic ring is 1. The van der Waals surface area contributed by atoms with Crippen LogP contribution in [0.1, 0.15) is 12.6 Å². The minimum atomic E-state index is -0.914. The van der Waals surface area contributed by atoms with Crippen LogP contribution in [0.4, 0.5) is 10.3 Å². The predicted octanol–water partition coefficient (Wildman–Crippen LogP) is 1.61. The topological polar surface area (TPSA) is 89.1 Å². The normalized spacial score (nSPS) is 12.6. The Morgan fingerprint density at radius 3 is 2.89 bits per heavy atom. The van der Waals surface area contributed by atoms with Crippen LogP contribution in [-0.2, 0) is 11.2 Å². The molecule has 1 atom stereocenters. The number of anilines is 1. The lowest BCUT2D eigenvalue weighted by molar-refractivity contribution is -0.141. The number of hydrogen-bond acceptors (Lipinski definition) is 4. The second kappa shape index (κ2) is 4.56. The third kappa shape index (κ3) is 2.37. The van der Waals surface area contributed by atoms with Gasteiger partial charge in [-0.15, -0.1) is 0 Å². The number of carboxylic acid groups (broad SMARTS) is 1. The molecule has 0 bridgehead atoms. The molecular weight excluding hydrogens is 237 g/mol. The fraction of sp³-hybridized carbons (Fsp3) is 0.250. The maximum absolute atomic E-state index is 13.1. The summed E-state index contributed by atoms with van der Waals surface area (Å²) in [5, 5.41) is 9.52. The number of fused-ring (bicyclic) bond motifs is 1. The molecule has 3 N–H and O–H groups in total. The highest BCUT2D eigenvalue weighted by molar-refractivity contribution is 5.82. The number of nitrogens with two attached hydrogens (primary N) is 1. The minimum absolute atomic E-state index is 0.0145. The van der Waals surface area contributed by atoms with E-state index in [1.54, 1.807) is 6.92 Å². The van der Waals surface area contributed by atoms with Crippen LogP contribution in [0, 0.1) is 11.7 Å². The van der Waals surface area contributed by atoms with Crippen molar-refractivity contribution in [1.29, 1.82) is 0 Å². The minimum Gasteiger partial charge on any atom is -0.481 e. The summed E-state index contributed by atoms with van der Waals surface area (Å²) in [5.74, 6) is -1.91. The van der Waals surface area contributed by atoms with E-state index in [4.69, 9.17) is 10.8 Å². The van der Waals surface area contributed by atoms with Gasteiger partial charge in [-0.2, -0.15) is 0 Å². The Balaban J connectivity index is 2.52. The molecule has 94 valence electrons. The largest absolute Gasteiger partial charge is 0.481 e. The van der Waals surface area contributed by atoms with Crippen LogP contribution in [0.25, 0.3) is 10.9 Å². The molecule has 0 saturated heterocycles. The monoisotopic (exact) mass is 249 g/mol. The van der Waals surface area contributed by atoms with Crippen LogP contribution in [-0.4, -0.2) is 21.0 Å². The zero-order valence-electron chi connectivity index (χ0n) is 9.72. The Labute approximate surface area is 102 Å². The lowest BCUT2D eigenvalue weighted by atomic mass is 10.0. The van der Waals surface area contributed by atoms with Crippen molar-refractivity contribution in [2.45, 2.75) is 13.3 Å². The van der Waals surface area contributed by atoms with Crippen molar-refractivity contribution >= 4 is 22.8 Å². The number of benzene rings is 1. The number of aromatic nitrogens is 2. The van der Waals surface area contributed by atoms with E-state index in [1.165, 1.54) is 18.2 Å². The lowest BCUT2D eigenvalue weighted by Gasteiger charge is -2.09. The molecule has 6 heteroatoms. The van der Waals surface area contributed by atoms with Gasteiger partial charge in [0.25, 0.3) is 0 Å². The molecule has 0 aliphatic carbocycles. The fourth-order valence-corrected chi connectivity index (χ4v) is 1.72. The van der Waals surface area contributed by atoms with Crippen LogP contribution >= 0.6 is 0 Å². The molecule has 1 heterocycles. The predicted molar refractivity (Wildman–Crippen MR) is 64.4 cm³/mol. The van der Waals surface area contributed by atoms with Gasteiger partial charge in [0.2, 0.25) is 5.95 Å². The molecule has 18 heavy (non-hydrogen) atoms. The van der Waals surface area contributed by atoms with E-state index >= 15 is 0 Å². The molecule has 0 saturated carbocycles. The molecule has 1 aromatic heterocycles. The Morgan fingerprint density at radius 2 is 2.22 bits per heavy atom. The number of carbonyl (C=O) groups is 1. The van der Waals surface area contributed by atoms with Crippen molar-refractivity contribution in [2.24, 2.45) is 5.92 Å². The summed E-state index contributed by atoms with van der Waals surface area (Å²) in [4.78, 5) is 18.8. The molecule has 0 amide bonds. The average molecular weight is 249 g/mol. The van der Waals surface area contributed by atoms with Crippen molar-refractivity contribution in [1.82, 2.24) is 9.97 Å². The van der Waals surface area contributed by atoms with Gasteiger partial charge in [0.15, 0.2) is 0 Å². The molecule has 1 unspecified atom stereocenters. The van der Waals surface area contributed by atoms with E-state index in [-0.39, 0.29) is 12.4 Å². The van der Waals surface area contributed by atoms with Gasteiger partial charge in [0.05, 0.1) is 17.1 Å². The SMILES string of the molecule is CC(Cc1nc(N)nc2cc(F)ccc12)C(=O)O. The van der Waals surface area contributed by atoms with Crippen LogP contribution < -0.4 is 5.73 Å². The third-order valence-corrected chi connectivity index (χ3v) is 2.68. The Kier molecular flexibility index (Phi) is 3.10.